The maximum Gasteiger partial charge on any atom is 0.271 e. The monoisotopic (exact) mass is 419 g/mol. The predicted octanol–water partition coefficient (Wildman–Crippen LogP) is 4.18. The number of carbonyl (C=O) groups excluding carboxylic acids is 1. The molecule has 0 radical (unpaired) electrons. The van der Waals surface area contributed by atoms with Gasteiger partial charge < -0.3 is 9.88 Å². The van der Waals surface area contributed by atoms with Crippen molar-refractivity contribution < 1.29 is 9.72 Å². The highest BCUT2D eigenvalue weighted by Gasteiger charge is 2.13. The van der Waals surface area contributed by atoms with E-state index < -0.39 is 4.92 Å². The Hall–Kier alpha value is -3.94. The van der Waals surface area contributed by atoms with Crippen LogP contribution in [0.3, 0.4) is 0 Å². The van der Waals surface area contributed by atoms with Gasteiger partial charge in [0.2, 0.25) is 0 Å². The van der Waals surface area contributed by atoms with Crippen LogP contribution in [0.4, 0.5) is 11.4 Å². The van der Waals surface area contributed by atoms with Crippen LogP contribution in [-0.2, 0) is 4.79 Å². The number of hydrazone groups is 1. The van der Waals surface area contributed by atoms with E-state index in [4.69, 9.17) is 0 Å². The molecule has 0 aliphatic rings. The fraction of sp³-hybridized carbons (Fsp3) is 0.217. The lowest BCUT2D eigenvalue weighted by Gasteiger charge is -2.09. The maximum absolute atomic E-state index is 12.1. The molecule has 1 heterocycles. The molecule has 2 N–H and O–H groups in total. The first-order chi connectivity index (χ1) is 14.8. The Bertz CT molecular complexity index is 1160. The number of carbonyl (C=O) groups is 1. The van der Waals surface area contributed by atoms with Crippen LogP contribution in [-0.4, -0.2) is 28.2 Å². The second-order valence-corrected chi connectivity index (χ2v) is 7.38. The van der Waals surface area contributed by atoms with Gasteiger partial charge in [-0.3, -0.25) is 14.9 Å². The van der Waals surface area contributed by atoms with Crippen molar-refractivity contribution in [2.75, 3.05) is 11.9 Å². The zero-order chi connectivity index (χ0) is 22.5. The van der Waals surface area contributed by atoms with Gasteiger partial charge in [0.1, 0.15) is 0 Å². The van der Waals surface area contributed by atoms with Crippen LogP contribution in [0.2, 0.25) is 0 Å². The number of aryl methyl sites for hydroxylation is 3. The molecule has 0 spiro atoms. The molecular weight excluding hydrogens is 394 g/mol. The minimum Gasteiger partial charge on any atom is -0.376 e. The number of benzene rings is 2. The van der Waals surface area contributed by atoms with Gasteiger partial charge in [-0.05, 0) is 63.1 Å². The Morgan fingerprint density at radius 2 is 1.87 bits per heavy atom. The quantitative estimate of drug-likeness (QED) is 0.341. The first kappa shape index (κ1) is 21.8. The number of rotatable bonds is 7. The van der Waals surface area contributed by atoms with Gasteiger partial charge >= 0.3 is 0 Å². The number of anilines is 1. The first-order valence-corrected chi connectivity index (χ1v) is 9.83. The number of aromatic nitrogens is 1. The predicted molar refractivity (Wildman–Crippen MR) is 122 cm³/mol. The first-order valence-electron chi connectivity index (χ1n) is 9.83. The largest absolute Gasteiger partial charge is 0.376 e. The number of non-ortho nitro benzene ring substituents is 1. The second kappa shape index (κ2) is 9.25. The molecule has 0 saturated carbocycles. The molecule has 0 atom stereocenters. The molecule has 0 bridgehead atoms. The standard InChI is InChI=1S/C23H25N5O3/c1-15-8-9-20(10-16(15)2)24-14-23(29)26-25-13-19-11-17(3)27(18(19)4)21-6-5-7-22(12-21)28(30)31/h5-13,24H,14H2,1-4H3,(H,26,29)/b25-13-. The number of hydrogen-bond acceptors (Lipinski definition) is 5. The van der Waals surface area contributed by atoms with E-state index in [1.54, 1.807) is 12.3 Å². The third-order valence-electron chi connectivity index (χ3n) is 5.12. The molecule has 0 fully saturated rings. The van der Waals surface area contributed by atoms with Crippen LogP contribution in [0.1, 0.15) is 28.1 Å². The summed E-state index contributed by atoms with van der Waals surface area (Å²) in [6.45, 7) is 7.98. The second-order valence-electron chi connectivity index (χ2n) is 7.38. The van der Waals surface area contributed by atoms with Crippen molar-refractivity contribution in [2.24, 2.45) is 5.10 Å². The Labute approximate surface area is 180 Å². The number of nitro groups is 1. The molecule has 0 aliphatic carbocycles. The van der Waals surface area contributed by atoms with Gasteiger partial charge in [-0.2, -0.15) is 5.10 Å². The molecule has 0 aliphatic heterocycles. The molecule has 0 saturated heterocycles. The van der Waals surface area contributed by atoms with E-state index >= 15 is 0 Å². The van der Waals surface area contributed by atoms with Crippen LogP contribution < -0.4 is 10.7 Å². The van der Waals surface area contributed by atoms with Crippen molar-refractivity contribution >= 4 is 23.5 Å². The molecule has 3 rings (SSSR count). The number of hydrogen-bond donors (Lipinski definition) is 2. The maximum atomic E-state index is 12.1. The van der Waals surface area contributed by atoms with Gasteiger partial charge in [0.15, 0.2) is 0 Å². The van der Waals surface area contributed by atoms with Gasteiger partial charge in [0, 0.05) is 34.8 Å². The van der Waals surface area contributed by atoms with Crippen molar-refractivity contribution in [3.63, 3.8) is 0 Å². The van der Waals surface area contributed by atoms with Gasteiger partial charge in [0.25, 0.3) is 11.6 Å². The van der Waals surface area contributed by atoms with E-state index in [1.165, 1.54) is 17.7 Å². The van der Waals surface area contributed by atoms with E-state index in [9.17, 15) is 14.9 Å². The normalized spacial score (nSPS) is 11.0. The molecule has 1 aromatic heterocycles. The number of nitrogens with zero attached hydrogens (tertiary/aromatic N) is 3. The van der Waals surface area contributed by atoms with Gasteiger partial charge in [-0.15, -0.1) is 0 Å². The number of amides is 1. The Balaban J connectivity index is 1.65. The van der Waals surface area contributed by atoms with Gasteiger partial charge in [0.05, 0.1) is 23.4 Å². The lowest BCUT2D eigenvalue weighted by atomic mass is 10.1. The Morgan fingerprint density at radius 1 is 1.10 bits per heavy atom. The fourth-order valence-corrected chi connectivity index (χ4v) is 3.31. The summed E-state index contributed by atoms with van der Waals surface area (Å²) in [6, 6.07) is 14.3. The smallest absolute Gasteiger partial charge is 0.271 e. The van der Waals surface area contributed by atoms with Crippen LogP contribution >= 0.6 is 0 Å². The SMILES string of the molecule is Cc1ccc(NCC(=O)N/N=C\c2cc(C)n(-c3cccc([N+](=O)[O-])c3)c2C)cc1C. The lowest BCUT2D eigenvalue weighted by molar-refractivity contribution is -0.384. The van der Waals surface area contributed by atoms with E-state index in [1.807, 2.05) is 62.6 Å². The molecule has 31 heavy (non-hydrogen) atoms. The summed E-state index contributed by atoms with van der Waals surface area (Å²) in [7, 11) is 0. The summed E-state index contributed by atoms with van der Waals surface area (Å²) in [5.74, 6) is -0.262. The summed E-state index contributed by atoms with van der Waals surface area (Å²) in [6.07, 6.45) is 1.57. The van der Waals surface area contributed by atoms with Crippen LogP contribution in [0.15, 0.2) is 53.6 Å². The van der Waals surface area contributed by atoms with Crippen LogP contribution in [0, 0.1) is 37.8 Å². The summed E-state index contributed by atoms with van der Waals surface area (Å²) in [4.78, 5) is 22.7. The highest BCUT2D eigenvalue weighted by Crippen LogP contribution is 2.23. The molecule has 3 aromatic rings. The lowest BCUT2D eigenvalue weighted by Crippen LogP contribution is -2.25. The molecule has 8 heteroatoms. The van der Waals surface area contributed by atoms with Crippen molar-refractivity contribution in [3.05, 3.63) is 86.7 Å². The average Bonchev–Trinajstić information content (AvgIpc) is 3.02. The fourth-order valence-electron chi connectivity index (χ4n) is 3.31. The van der Waals surface area contributed by atoms with Crippen molar-refractivity contribution in [1.29, 1.82) is 0 Å². The molecule has 160 valence electrons. The van der Waals surface area contributed by atoms with Gasteiger partial charge in [-0.1, -0.05) is 12.1 Å². The summed E-state index contributed by atoms with van der Waals surface area (Å²) in [5, 5.41) is 18.2. The van der Waals surface area contributed by atoms with Gasteiger partial charge in [-0.25, -0.2) is 5.43 Å². The Morgan fingerprint density at radius 3 is 2.58 bits per heavy atom. The average molecular weight is 419 g/mol. The molecule has 2 aromatic carbocycles. The number of nitro benzene ring substituents is 1. The topological polar surface area (TPSA) is 102 Å². The highest BCUT2D eigenvalue weighted by atomic mass is 16.6. The third kappa shape index (κ3) is 5.16. The van der Waals surface area contributed by atoms with Crippen LogP contribution in [0.25, 0.3) is 5.69 Å². The summed E-state index contributed by atoms with van der Waals surface area (Å²) < 4.78 is 1.91. The van der Waals surface area contributed by atoms with E-state index in [-0.39, 0.29) is 18.1 Å². The minimum atomic E-state index is -0.415. The van der Waals surface area contributed by atoms with E-state index in [2.05, 4.69) is 15.8 Å². The molecule has 0 unspecified atom stereocenters. The molecular formula is C23H25N5O3. The van der Waals surface area contributed by atoms with Crippen LogP contribution in [0.5, 0.6) is 0 Å². The van der Waals surface area contributed by atoms with E-state index in [0.717, 1.165) is 28.2 Å². The molecule has 1 amide bonds. The summed E-state index contributed by atoms with van der Waals surface area (Å²) in [5.41, 5.74) is 9.06. The number of nitrogens with one attached hydrogen (secondary N) is 2. The zero-order valence-electron chi connectivity index (χ0n) is 18.0. The van der Waals surface area contributed by atoms with Crippen molar-refractivity contribution in [2.45, 2.75) is 27.7 Å². The minimum absolute atomic E-state index is 0.0313. The van der Waals surface area contributed by atoms with Crippen molar-refractivity contribution in [3.8, 4) is 5.69 Å². The highest BCUT2D eigenvalue weighted by molar-refractivity contribution is 5.85. The van der Waals surface area contributed by atoms with Crippen molar-refractivity contribution in [1.82, 2.24) is 9.99 Å². The zero-order valence-corrected chi connectivity index (χ0v) is 18.0. The van der Waals surface area contributed by atoms with E-state index in [0.29, 0.717) is 5.69 Å². The Kier molecular flexibility index (Phi) is 6.49. The molecule has 8 nitrogen and oxygen atoms in total. The summed E-state index contributed by atoms with van der Waals surface area (Å²) >= 11 is 0. The third-order valence-corrected chi connectivity index (χ3v) is 5.12.